The van der Waals surface area contributed by atoms with Crippen LogP contribution < -0.4 is 10.1 Å². The monoisotopic (exact) mass is 347 g/mol. The van der Waals surface area contributed by atoms with Gasteiger partial charge < -0.3 is 10.1 Å². The smallest absolute Gasteiger partial charge is 0.225 e. The van der Waals surface area contributed by atoms with Crippen molar-refractivity contribution in [2.45, 2.75) is 31.7 Å². The Hall–Kier alpha value is -2.07. The Balaban J connectivity index is 1.71. The highest BCUT2D eigenvalue weighted by Crippen LogP contribution is 2.32. The number of hydrogen-bond acceptors (Lipinski definition) is 2. The van der Waals surface area contributed by atoms with Gasteiger partial charge in [-0.3, -0.25) is 4.79 Å². The molecule has 2 aromatic rings. The molecule has 2 aromatic carbocycles. The summed E-state index contributed by atoms with van der Waals surface area (Å²) in [5, 5.41) is 3.35. The Bertz CT molecular complexity index is 763. The number of hydrogen-bond donors (Lipinski definition) is 1. The molecular formula is C19H19ClFNO2. The summed E-state index contributed by atoms with van der Waals surface area (Å²) >= 11 is 5.74. The molecule has 1 aliphatic rings. The molecule has 0 fully saturated rings. The molecule has 0 saturated heterocycles. The molecule has 0 aromatic heterocycles. The van der Waals surface area contributed by atoms with Crippen LogP contribution in [0.1, 0.15) is 35.6 Å². The Morgan fingerprint density at radius 2 is 2.17 bits per heavy atom. The van der Waals surface area contributed by atoms with Crippen molar-refractivity contribution in [1.29, 1.82) is 0 Å². The summed E-state index contributed by atoms with van der Waals surface area (Å²) < 4.78 is 19.1. The predicted octanol–water partition coefficient (Wildman–Crippen LogP) is 4.22. The van der Waals surface area contributed by atoms with Crippen LogP contribution >= 0.6 is 11.6 Å². The summed E-state index contributed by atoms with van der Waals surface area (Å²) in [5.41, 5.74) is 2.67. The van der Waals surface area contributed by atoms with E-state index in [1.54, 1.807) is 19.2 Å². The molecule has 0 unspecified atom stereocenters. The van der Waals surface area contributed by atoms with Gasteiger partial charge in [-0.25, -0.2) is 4.39 Å². The van der Waals surface area contributed by atoms with Crippen molar-refractivity contribution < 1.29 is 13.9 Å². The first-order valence-electron chi connectivity index (χ1n) is 7.97. The molecule has 1 atom stereocenters. The van der Waals surface area contributed by atoms with Crippen molar-refractivity contribution >= 4 is 17.5 Å². The minimum Gasteiger partial charge on any atom is -0.497 e. The third-order valence-corrected chi connectivity index (χ3v) is 4.60. The molecule has 1 amide bonds. The molecule has 3 nitrogen and oxygen atoms in total. The van der Waals surface area contributed by atoms with Gasteiger partial charge in [0.15, 0.2) is 0 Å². The number of carbonyl (C=O) groups excluding carboxylic acids is 1. The lowest BCUT2D eigenvalue weighted by atomic mass is 9.87. The fourth-order valence-electron chi connectivity index (χ4n) is 3.15. The number of nitrogens with one attached hydrogen (secondary N) is 1. The fourth-order valence-corrected chi connectivity index (χ4v) is 3.31. The van der Waals surface area contributed by atoms with E-state index in [0.29, 0.717) is 10.6 Å². The van der Waals surface area contributed by atoms with Gasteiger partial charge in [-0.15, -0.1) is 0 Å². The number of amides is 1. The number of benzene rings is 2. The van der Waals surface area contributed by atoms with Crippen molar-refractivity contribution in [2.75, 3.05) is 7.11 Å². The van der Waals surface area contributed by atoms with Gasteiger partial charge in [-0.2, -0.15) is 0 Å². The Kier molecular flexibility index (Phi) is 5.05. The number of fused-ring (bicyclic) bond motifs is 1. The number of methoxy groups -OCH3 is 1. The maximum atomic E-state index is 13.8. The van der Waals surface area contributed by atoms with Gasteiger partial charge in [0.1, 0.15) is 11.6 Å². The lowest BCUT2D eigenvalue weighted by Gasteiger charge is -2.27. The minimum absolute atomic E-state index is 0.00495. The van der Waals surface area contributed by atoms with E-state index in [4.69, 9.17) is 16.3 Å². The van der Waals surface area contributed by atoms with Crippen LogP contribution in [0.4, 0.5) is 4.39 Å². The maximum Gasteiger partial charge on any atom is 0.225 e. The summed E-state index contributed by atoms with van der Waals surface area (Å²) in [5.74, 6) is 0.181. The first-order chi connectivity index (χ1) is 11.6. The fraction of sp³-hybridized carbons (Fsp3) is 0.316. The first-order valence-corrected chi connectivity index (χ1v) is 8.34. The van der Waals surface area contributed by atoms with Crippen LogP contribution in [0.25, 0.3) is 0 Å². The molecule has 5 heteroatoms. The van der Waals surface area contributed by atoms with Crippen molar-refractivity contribution in [1.82, 2.24) is 5.32 Å². The Labute approximate surface area is 145 Å². The molecule has 126 valence electrons. The summed E-state index contributed by atoms with van der Waals surface area (Å²) in [7, 11) is 1.64. The number of halogens is 2. The molecule has 0 saturated carbocycles. The standard InChI is InChI=1S/C19H19ClFNO2/c1-24-15-7-8-16-12(9-15)3-2-4-18(16)22-19(23)10-13-5-6-14(20)11-17(13)21/h5-9,11,18H,2-4,10H2,1H3,(H,22,23)/t18-/m1/s1. The molecular weight excluding hydrogens is 329 g/mol. The van der Waals surface area contributed by atoms with E-state index >= 15 is 0 Å². The lowest BCUT2D eigenvalue weighted by molar-refractivity contribution is -0.121. The normalized spacial score (nSPS) is 16.4. The molecule has 1 N–H and O–H groups in total. The molecule has 24 heavy (non-hydrogen) atoms. The van der Waals surface area contributed by atoms with E-state index in [-0.39, 0.29) is 18.4 Å². The van der Waals surface area contributed by atoms with Crippen LogP contribution in [0.5, 0.6) is 5.75 Å². The van der Waals surface area contributed by atoms with E-state index in [1.165, 1.54) is 11.6 Å². The van der Waals surface area contributed by atoms with Crippen molar-refractivity contribution in [3.8, 4) is 5.75 Å². The van der Waals surface area contributed by atoms with Crippen LogP contribution in [-0.4, -0.2) is 13.0 Å². The lowest BCUT2D eigenvalue weighted by Crippen LogP contribution is -2.32. The van der Waals surface area contributed by atoms with Gasteiger partial charge in [0.25, 0.3) is 0 Å². The van der Waals surface area contributed by atoms with E-state index < -0.39 is 5.82 Å². The SMILES string of the molecule is COc1ccc2c(c1)CCC[C@H]2NC(=O)Cc1ccc(Cl)cc1F. The van der Waals surface area contributed by atoms with Gasteiger partial charge in [-0.05, 0) is 60.2 Å². The van der Waals surface area contributed by atoms with Crippen LogP contribution in [-0.2, 0) is 17.6 Å². The summed E-state index contributed by atoms with van der Waals surface area (Å²) in [4.78, 5) is 12.3. The molecule has 1 aliphatic carbocycles. The molecule has 3 rings (SSSR count). The van der Waals surface area contributed by atoms with Gasteiger partial charge in [0.2, 0.25) is 5.91 Å². The number of aryl methyl sites for hydroxylation is 1. The van der Waals surface area contributed by atoms with Crippen LogP contribution in [0.2, 0.25) is 5.02 Å². The van der Waals surface area contributed by atoms with E-state index in [0.717, 1.165) is 30.6 Å². The van der Waals surface area contributed by atoms with E-state index in [1.807, 2.05) is 18.2 Å². The summed E-state index contributed by atoms with van der Waals surface area (Å²) in [6.07, 6.45) is 2.87. The second-order valence-corrected chi connectivity index (χ2v) is 6.43. The Morgan fingerprint density at radius 3 is 2.92 bits per heavy atom. The average molecular weight is 348 g/mol. The maximum absolute atomic E-state index is 13.8. The number of rotatable bonds is 4. The zero-order valence-corrected chi connectivity index (χ0v) is 14.2. The summed E-state index contributed by atoms with van der Waals surface area (Å²) in [6.45, 7) is 0. The number of ether oxygens (including phenoxy) is 1. The molecule has 0 heterocycles. The Morgan fingerprint density at radius 1 is 1.33 bits per heavy atom. The molecule has 0 bridgehead atoms. The van der Waals surface area contributed by atoms with Crippen molar-refractivity contribution in [3.63, 3.8) is 0 Å². The zero-order valence-electron chi connectivity index (χ0n) is 13.4. The topological polar surface area (TPSA) is 38.3 Å². The average Bonchev–Trinajstić information content (AvgIpc) is 2.57. The van der Waals surface area contributed by atoms with Crippen LogP contribution in [0, 0.1) is 5.82 Å². The highest BCUT2D eigenvalue weighted by atomic mass is 35.5. The second-order valence-electron chi connectivity index (χ2n) is 5.99. The highest BCUT2D eigenvalue weighted by molar-refractivity contribution is 6.30. The quantitative estimate of drug-likeness (QED) is 0.899. The van der Waals surface area contributed by atoms with Gasteiger partial charge in [-0.1, -0.05) is 23.7 Å². The second kappa shape index (κ2) is 7.22. The minimum atomic E-state index is -0.452. The van der Waals surface area contributed by atoms with Crippen LogP contribution in [0.15, 0.2) is 36.4 Å². The van der Waals surface area contributed by atoms with E-state index in [9.17, 15) is 9.18 Å². The van der Waals surface area contributed by atoms with E-state index in [2.05, 4.69) is 5.32 Å². The molecule has 0 radical (unpaired) electrons. The van der Waals surface area contributed by atoms with Gasteiger partial charge in [0, 0.05) is 5.02 Å². The highest BCUT2D eigenvalue weighted by Gasteiger charge is 2.22. The van der Waals surface area contributed by atoms with Gasteiger partial charge in [0.05, 0.1) is 19.6 Å². The third-order valence-electron chi connectivity index (χ3n) is 4.37. The van der Waals surface area contributed by atoms with Crippen molar-refractivity contribution in [3.05, 3.63) is 63.9 Å². The third kappa shape index (κ3) is 3.70. The predicted molar refractivity (Wildman–Crippen MR) is 91.9 cm³/mol. The molecule has 0 spiro atoms. The zero-order chi connectivity index (χ0) is 17.1. The largest absolute Gasteiger partial charge is 0.497 e. The van der Waals surface area contributed by atoms with Crippen LogP contribution in [0.3, 0.4) is 0 Å². The van der Waals surface area contributed by atoms with Gasteiger partial charge >= 0.3 is 0 Å². The molecule has 0 aliphatic heterocycles. The summed E-state index contributed by atoms with van der Waals surface area (Å²) in [6, 6.07) is 10.3. The first kappa shape index (κ1) is 16.8. The van der Waals surface area contributed by atoms with Crippen molar-refractivity contribution in [2.24, 2.45) is 0 Å². The number of carbonyl (C=O) groups is 1.